The van der Waals surface area contributed by atoms with Crippen LogP contribution in [0, 0.1) is 6.92 Å². The lowest BCUT2D eigenvalue weighted by molar-refractivity contribution is -0.111. The summed E-state index contributed by atoms with van der Waals surface area (Å²) in [5.41, 5.74) is 0.933. The summed E-state index contributed by atoms with van der Waals surface area (Å²) in [6.45, 7) is 4.61. The van der Waals surface area contributed by atoms with Gasteiger partial charge in [0.2, 0.25) is 11.0 Å². The monoisotopic (exact) mass is 303 g/mol. The Bertz CT molecular complexity index is 620. The van der Waals surface area contributed by atoms with Crippen molar-refractivity contribution in [2.45, 2.75) is 20.3 Å². The van der Waals surface area contributed by atoms with Crippen molar-refractivity contribution in [3.8, 4) is 5.75 Å². The normalized spacial score (nSPS) is 10.8. The third-order valence-electron chi connectivity index (χ3n) is 2.54. The van der Waals surface area contributed by atoms with Crippen molar-refractivity contribution in [2.75, 3.05) is 11.9 Å². The molecule has 2 rings (SSSR count). The molecule has 1 N–H and O–H groups in total. The van der Waals surface area contributed by atoms with E-state index in [1.54, 1.807) is 6.08 Å². The number of nitrogens with zero attached hydrogens (tertiary/aromatic N) is 2. The molecule has 0 aliphatic carbocycles. The highest BCUT2D eigenvalue weighted by Gasteiger charge is 2.02. The first-order valence-corrected chi connectivity index (χ1v) is 7.51. The average Bonchev–Trinajstić information content (AvgIpc) is 2.89. The van der Waals surface area contributed by atoms with E-state index in [1.165, 1.54) is 17.4 Å². The highest BCUT2D eigenvalue weighted by molar-refractivity contribution is 7.15. The van der Waals surface area contributed by atoms with Gasteiger partial charge in [-0.15, -0.1) is 10.2 Å². The van der Waals surface area contributed by atoms with Crippen molar-refractivity contribution in [3.05, 3.63) is 40.9 Å². The fourth-order valence-corrected chi connectivity index (χ4v) is 2.16. The van der Waals surface area contributed by atoms with Crippen molar-refractivity contribution in [1.82, 2.24) is 10.2 Å². The maximum Gasteiger partial charge on any atom is 0.250 e. The second-order valence-electron chi connectivity index (χ2n) is 4.37. The highest BCUT2D eigenvalue weighted by Crippen LogP contribution is 2.15. The maximum atomic E-state index is 11.7. The van der Waals surface area contributed by atoms with Crippen molar-refractivity contribution in [1.29, 1.82) is 0 Å². The summed E-state index contributed by atoms with van der Waals surface area (Å²) >= 11 is 1.34. The first-order valence-electron chi connectivity index (χ1n) is 6.69. The molecule has 5 nitrogen and oxygen atoms in total. The molecule has 2 aromatic rings. The van der Waals surface area contributed by atoms with Gasteiger partial charge >= 0.3 is 0 Å². The topological polar surface area (TPSA) is 64.1 Å². The van der Waals surface area contributed by atoms with Crippen molar-refractivity contribution in [2.24, 2.45) is 0 Å². The Balaban J connectivity index is 1.89. The lowest BCUT2D eigenvalue weighted by Crippen LogP contribution is -2.07. The molecule has 0 bridgehead atoms. The largest absolute Gasteiger partial charge is 0.494 e. The van der Waals surface area contributed by atoms with Gasteiger partial charge in [0.1, 0.15) is 10.8 Å². The van der Waals surface area contributed by atoms with Gasteiger partial charge in [-0.2, -0.15) is 0 Å². The number of hydrogen-bond donors (Lipinski definition) is 1. The summed E-state index contributed by atoms with van der Waals surface area (Å²) in [6, 6.07) is 7.59. The minimum Gasteiger partial charge on any atom is -0.494 e. The van der Waals surface area contributed by atoms with Crippen LogP contribution in [0.15, 0.2) is 30.3 Å². The summed E-state index contributed by atoms with van der Waals surface area (Å²) in [5.74, 6) is 0.611. The molecular weight excluding hydrogens is 286 g/mol. The molecule has 0 saturated heterocycles. The quantitative estimate of drug-likeness (QED) is 0.832. The second-order valence-corrected chi connectivity index (χ2v) is 5.55. The fourth-order valence-electron chi connectivity index (χ4n) is 1.56. The smallest absolute Gasteiger partial charge is 0.250 e. The number of carbonyl (C=O) groups excluding carboxylic acids is 1. The van der Waals surface area contributed by atoms with E-state index < -0.39 is 0 Å². The molecule has 0 saturated carbocycles. The van der Waals surface area contributed by atoms with Gasteiger partial charge in [0.15, 0.2) is 0 Å². The number of benzene rings is 1. The van der Waals surface area contributed by atoms with Crippen molar-refractivity contribution < 1.29 is 9.53 Å². The lowest BCUT2D eigenvalue weighted by atomic mass is 10.2. The van der Waals surface area contributed by atoms with Crippen LogP contribution < -0.4 is 10.1 Å². The highest BCUT2D eigenvalue weighted by atomic mass is 32.1. The Morgan fingerprint density at radius 2 is 2.10 bits per heavy atom. The second kappa shape index (κ2) is 7.54. The first kappa shape index (κ1) is 15.2. The molecule has 1 heterocycles. The molecule has 1 aromatic carbocycles. The Kier molecular flexibility index (Phi) is 5.45. The number of hydrogen-bond acceptors (Lipinski definition) is 5. The Morgan fingerprint density at radius 3 is 2.71 bits per heavy atom. The Morgan fingerprint density at radius 1 is 1.33 bits per heavy atom. The van der Waals surface area contributed by atoms with Crippen LogP contribution in [-0.2, 0) is 4.79 Å². The van der Waals surface area contributed by atoms with Crippen LogP contribution in [0.3, 0.4) is 0 Å². The molecule has 21 heavy (non-hydrogen) atoms. The molecule has 0 fully saturated rings. The van der Waals surface area contributed by atoms with Gasteiger partial charge in [-0.1, -0.05) is 30.4 Å². The van der Waals surface area contributed by atoms with Crippen LogP contribution in [0.2, 0.25) is 0 Å². The minimum absolute atomic E-state index is 0.225. The van der Waals surface area contributed by atoms with E-state index in [1.807, 2.05) is 31.2 Å². The summed E-state index contributed by atoms with van der Waals surface area (Å²) in [4.78, 5) is 11.7. The molecule has 0 unspecified atom stereocenters. The van der Waals surface area contributed by atoms with Gasteiger partial charge in [0.25, 0.3) is 0 Å². The molecule has 0 aliphatic rings. The van der Waals surface area contributed by atoms with Crippen molar-refractivity contribution >= 4 is 28.5 Å². The van der Waals surface area contributed by atoms with Gasteiger partial charge in [0.05, 0.1) is 6.61 Å². The molecule has 0 spiro atoms. The number of rotatable bonds is 6. The molecule has 6 heteroatoms. The van der Waals surface area contributed by atoms with Crippen molar-refractivity contribution in [3.63, 3.8) is 0 Å². The summed E-state index contributed by atoms with van der Waals surface area (Å²) in [7, 11) is 0. The number of amides is 1. The third-order valence-corrected chi connectivity index (χ3v) is 3.29. The maximum absolute atomic E-state index is 11.7. The number of nitrogens with one attached hydrogen (secondary N) is 1. The summed E-state index contributed by atoms with van der Waals surface area (Å²) in [6.07, 6.45) is 4.19. The number of ether oxygens (including phenoxy) is 1. The number of aromatic nitrogens is 2. The molecule has 1 aromatic heterocycles. The van der Waals surface area contributed by atoms with E-state index in [0.29, 0.717) is 11.7 Å². The van der Waals surface area contributed by atoms with E-state index in [9.17, 15) is 4.79 Å². The summed E-state index contributed by atoms with van der Waals surface area (Å²) in [5, 5.41) is 11.7. The molecule has 0 aliphatic heterocycles. The standard InChI is InChI=1S/C15H17N3O2S/c1-3-10-20-13-7-4-12(5-8-13)6-9-14(19)16-15-18-17-11(2)21-15/h4-9H,3,10H2,1-2H3,(H,16,18,19)/b9-6+. The van der Waals surface area contributed by atoms with Crippen LogP contribution in [-0.4, -0.2) is 22.7 Å². The van der Waals surface area contributed by atoms with E-state index in [4.69, 9.17) is 4.74 Å². The number of carbonyl (C=O) groups is 1. The summed E-state index contributed by atoms with van der Waals surface area (Å²) < 4.78 is 5.50. The van der Waals surface area contributed by atoms with Gasteiger partial charge < -0.3 is 4.74 Å². The average molecular weight is 303 g/mol. The molecule has 0 atom stereocenters. The molecule has 0 radical (unpaired) electrons. The molecule has 110 valence electrons. The predicted octanol–water partition coefficient (Wildman–Crippen LogP) is 3.29. The van der Waals surface area contributed by atoms with Crippen LogP contribution in [0.25, 0.3) is 6.08 Å². The van der Waals surface area contributed by atoms with Crippen LogP contribution >= 0.6 is 11.3 Å². The zero-order valence-corrected chi connectivity index (χ0v) is 12.8. The molecular formula is C15H17N3O2S. The van der Waals surface area contributed by atoms with Gasteiger partial charge in [-0.05, 0) is 37.1 Å². The van der Waals surface area contributed by atoms with E-state index in [0.717, 1.165) is 22.7 Å². The zero-order valence-electron chi connectivity index (χ0n) is 12.0. The lowest BCUT2D eigenvalue weighted by Gasteiger charge is -2.03. The predicted molar refractivity (Wildman–Crippen MR) is 84.5 cm³/mol. The van der Waals surface area contributed by atoms with E-state index >= 15 is 0 Å². The SMILES string of the molecule is CCCOc1ccc(/C=C/C(=O)Nc2nnc(C)s2)cc1. The van der Waals surface area contributed by atoms with Crippen LogP contribution in [0.5, 0.6) is 5.75 Å². The molecule has 1 amide bonds. The first-order chi connectivity index (χ1) is 10.2. The van der Waals surface area contributed by atoms with E-state index in [-0.39, 0.29) is 5.91 Å². The van der Waals surface area contributed by atoms with Gasteiger partial charge in [0, 0.05) is 6.08 Å². The van der Waals surface area contributed by atoms with Crippen LogP contribution in [0.4, 0.5) is 5.13 Å². The number of aryl methyl sites for hydroxylation is 1. The minimum atomic E-state index is -0.225. The Labute approximate surface area is 127 Å². The van der Waals surface area contributed by atoms with Gasteiger partial charge in [-0.25, -0.2) is 0 Å². The third kappa shape index (κ3) is 5.00. The van der Waals surface area contributed by atoms with E-state index in [2.05, 4.69) is 22.4 Å². The van der Waals surface area contributed by atoms with Gasteiger partial charge in [-0.3, -0.25) is 10.1 Å². The zero-order chi connectivity index (χ0) is 15.1. The van der Waals surface area contributed by atoms with Crippen LogP contribution in [0.1, 0.15) is 23.9 Å². The fraction of sp³-hybridized carbons (Fsp3) is 0.267. The number of anilines is 1. The Hall–Kier alpha value is -2.21.